The fourth-order valence-corrected chi connectivity index (χ4v) is 2.03. The fraction of sp³-hybridized carbons (Fsp3) is 0.0667. The molecule has 0 saturated carbocycles. The normalized spacial score (nSPS) is 10.7. The van der Waals surface area contributed by atoms with Crippen molar-refractivity contribution in [1.82, 2.24) is 4.98 Å². The van der Waals surface area contributed by atoms with Crippen molar-refractivity contribution in [2.24, 2.45) is 0 Å². The Morgan fingerprint density at radius 3 is 2.72 bits per heavy atom. The first kappa shape index (κ1) is 10.7. The van der Waals surface area contributed by atoms with Gasteiger partial charge in [0, 0.05) is 22.4 Å². The molecule has 0 unspecified atom stereocenters. The third-order valence-corrected chi connectivity index (χ3v) is 3.00. The molecule has 3 nitrogen and oxygen atoms in total. The Morgan fingerprint density at radius 2 is 1.89 bits per heavy atom. The molecule has 88 valence electrons. The minimum absolute atomic E-state index is 0.0167. The van der Waals surface area contributed by atoms with Crippen molar-refractivity contribution in [2.75, 3.05) is 7.11 Å². The van der Waals surface area contributed by atoms with Crippen LogP contribution in [0.5, 0.6) is 5.75 Å². The molecule has 3 rings (SSSR count). The molecule has 2 aromatic carbocycles. The van der Waals surface area contributed by atoms with Crippen LogP contribution in [0.2, 0.25) is 0 Å². The predicted octanol–water partition coefficient (Wildman–Crippen LogP) is 2.76. The van der Waals surface area contributed by atoms with E-state index in [0.717, 1.165) is 5.39 Å². The van der Waals surface area contributed by atoms with Gasteiger partial charge < -0.3 is 4.74 Å². The Hall–Kier alpha value is -2.42. The molecule has 3 aromatic rings. The molecule has 0 aliphatic carbocycles. The first-order valence-electron chi connectivity index (χ1n) is 5.65. The zero-order valence-electron chi connectivity index (χ0n) is 9.88. The summed E-state index contributed by atoms with van der Waals surface area (Å²) in [7, 11) is 1.59. The highest BCUT2D eigenvalue weighted by Crippen LogP contribution is 2.18. The first-order valence-corrected chi connectivity index (χ1v) is 5.65. The average molecular weight is 237 g/mol. The molecule has 0 aliphatic rings. The number of aromatic nitrogens is 1. The van der Waals surface area contributed by atoms with Crippen molar-refractivity contribution in [3.63, 3.8) is 0 Å². The molecule has 0 radical (unpaired) electrons. The largest absolute Gasteiger partial charge is 0.497 e. The van der Waals surface area contributed by atoms with Gasteiger partial charge in [0.05, 0.1) is 12.6 Å². The van der Waals surface area contributed by atoms with Crippen LogP contribution in [0.25, 0.3) is 21.7 Å². The van der Waals surface area contributed by atoms with E-state index in [2.05, 4.69) is 4.98 Å². The van der Waals surface area contributed by atoms with Gasteiger partial charge in [-0.2, -0.15) is 0 Å². The number of ether oxygens (including phenoxy) is 1. The van der Waals surface area contributed by atoms with Crippen molar-refractivity contribution >= 4 is 21.7 Å². The number of methoxy groups -OCH3 is 1. The Kier molecular flexibility index (Phi) is 2.45. The van der Waals surface area contributed by atoms with Gasteiger partial charge in [-0.3, -0.25) is 9.78 Å². The predicted molar refractivity (Wildman–Crippen MR) is 72.1 cm³/mol. The lowest BCUT2D eigenvalue weighted by Gasteiger charge is -1.98. The second-order valence-corrected chi connectivity index (χ2v) is 4.06. The van der Waals surface area contributed by atoms with Gasteiger partial charge in [0.15, 0.2) is 5.43 Å². The van der Waals surface area contributed by atoms with Crippen LogP contribution in [0.4, 0.5) is 0 Å². The summed E-state index contributed by atoms with van der Waals surface area (Å²) in [5, 5.41) is 2.07. The fourth-order valence-electron chi connectivity index (χ4n) is 2.03. The molecule has 18 heavy (non-hydrogen) atoms. The van der Waals surface area contributed by atoms with Gasteiger partial charge in [0.25, 0.3) is 0 Å². The van der Waals surface area contributed by atoms with Crippen LogP contribution in [0.1, 0.15) is 0 Å². The summed E-state index contributed by atoms with van der Waals surface area (Å²) in [6.45, 7) is 0. The highest BCUT2D eigenvalue weighted by Gasteiger charge is 2.03. The summed E-state index contributed by atoms with van der Waals surface area (Å²) in [5.74, 6) is 0.676. The number of para-hydroxylation sites is 1. The molecule has 0 aliphatic heterocycles. The second kappa shape index (κ2) is 4.11. The molecule has 0 spiro atoms. The van der Waals surface area contributed by atoms with E-state index in [1.807, 2.05) is 30.3 Å². The molecule has 0 amide bonds. The van der Waals surface area contributed by atoms with Gasteiger partial charge in [0.2, 0.25) is 0 Å². The number of fused-ring (bicyclic) bond motifs is 2. The summed E-state index contributed by atoms with van der Waals surface area (Å²) in [5.41, 5.74) is 0.690. The van der Waals surface area contributed by atoms with Crippen LogP contribution in [-0.2, 0) is 0 Å². The lowest BCUT2D eigenvalue weighted by atomic mass is 10.1. The monoisotopic (exact) mass is 237 g/mol. The molecule has 0 fully saturated rings. The van der Waals surface area contributed by atoms with Crippen LogP contribution in [0.15, 0.2) is 53.5 Å². The number of nitrogens with zero attached hydrogens (tertiary/aromatic N) is 1. The third-order valence-electron chi connectivity index (χ3n) is 3.00. The highest BCUT2D eigenvalue weighted by atomic mass is 16.5. The smallest absolute Gasteiger partial charge is 0.195 e. The average Bonchev–Trinajstić information content (AvgIpc) is 2.57. The van der Waals surface area contributed by atoms with Gasteiger partial charge in [-0.05, 0) is 30.3 Å². The maximum absolute atomic E-state index is 12.5. The maximum atomic E-state index is 12.5. The molecule has 0 N–H and O–H groups in total. The van der Waals surface area contributed by atoms with Gasteiger partial charge in [0.1, 0.15) is 5.75 Å². The maximum Gasteiger partial charge on any atom is 0.195 e. The summed E-state index contributed by atoms with van der Waals surface area (Å²) in [4.78, 5) is 16.8. The van der Waals surface area contributed by atoms with E-state index in [1.54, 1.807) is 25.4 Å². The topological polar surface area (TPSA) is 39.2 Å². The SMILES string of the molecule is COc1ccc2cnc3ccccc3c(=O)c2c1. The number of hydrogen-bond donors (Lipinski definition) is 0. The zero-order valence-corrected chi connectivity index (χ0v) is 9.88. The molecule has 1 aromatic heterocycles. The van der Waals surface area contributed by atoms with E-state index in [1.165, 1.54) is 0 Å². The highest BCUT2D eigenvalue weighted by molar-refractivity contribution is 5.91. The number of hydrogen-bond acceptors (Lipinski definition) is 3. The van der Waals surface area contributed by atoms with Crippen molar-refractivity contribution in [2.45, 2.75) is 0 Å². The van der Waals surface area contributed by atoms with Crippen LogP contribution in [-0.4, -0.2) is 12.1 Å². The van der Waals surface area contributed by atoms with Crippen LogP contribution in [0, 0.1) is 0 Å². The van der Waals surface area contributed by atoms with Crippen molar-refractivity contribution in [3.05, 3.63) is 58.9 Å². The Morgan fingerprint density at radius 1 is 1.06 bits per heavy atom. The van der Waals surface area contributed by atoms with E-state index in [0.29, 0.717) is 22.0 Å². The molecule has 1 heterocycles. The second-order valence-electron chi connectivity index (χ2n) is 4.06. The molecule has 0 saturated heterocycles. The lowest BCUT2D eigenvalue weighted by molar-refractivity contribution is 0.415. The van der Waals surface area contributed by atoms with Crippen LogP contribution >= 0.6 is 0 Å². The van der Waals surface area contributed by atoms with Crippen LogP contribution < -0.4 is 10.2 Å². The summed E-state index contributed by atoms with van der Waals surface area (Å²) >= 11 is 0. The van der Waals surface area contributed by atoms with Crippen molar-refractivity contribution in [1.29, 1.82) is 0 Å². The number of benzene rings is 2. The van der Waals surface area contributed by atoms with E-state index >= 15 is 0 Å². The minimum atomic E-state index is -0.0167. The summed E-state index contributed by atoms with van der Waals surface area (Å²) in [6.07, 6.45) is 1.72. The minimum Gasteiger partial charge on any atom is -0.497 e. The first-order chi connectivity index (χ1) is 8.79. The number of rotatable bonds is 1. The van der Waals surface area contributed by atoms with Gasteiger partial charge in [-0.25, -0.2) is 0 Å². The van der Waals surface area contributed by atoms with E-state index < -0.39 is 0 Å². The molecular weight excluding hydrogens is 226 g/mol. The molecule has 0 bridgehead atoms. The quantitative estimate of drug-likeness (QED) is 0.653. The molecule has 0 atom stereocenters. The molecular formula is C15H11NO2. The van der Waals surface area contributed by atoms with E-state index in [9.17, 15) is 4.79 Å². The Balaban J connectivity index is 2.56. The van der Waals surface area contributed by atoms with Crippen molar-refractivity contribution in [3.8, 4) is 5.75 Å². The van der Waals surface area contributed by atoms with Crippen LogP contribution in [0.3, 0.4) is 0 Å². The summed E-state index contributed by atoms with van der Waals surface area (Å²) < 4.78 is 5.16. The summed E-state index contributed by atoms with van der Waals surface area (Å²) in [6, 6.07) is 12.8. The Bertz CT molecular complexity index is 797. The molecule has 3 heteroatoms. The third kappa shape index (κ3) is 1.61. The zero-order chi connectivity index (χ0) is 12.5. The lowest BCUT2D eigenvalue weighted by Crippen LogP contribution is -1.98. The standard InChI is InChI=1S/C15H11NO2/c1-18-11-7-6-10-9-16-14-5-3-2-4-12(14)15(17)13(10)8-11/h2-9H,1H3. The van der Waals surface area contributed by atoms with E-state index in [-0.39, 0.29) is 5.43 Å². The Labute approximate surface area is 104 Å². The van der Waals surface area contributed by atoms with Crippen molar-refractivity contribution < 1.29 is 4.74 Å². The van der Waals surface area contributed by atoms with Gasteiger partial charge in [-0.1, -0.05) is 12.1 Å². The van der Waals surface area contributed by atoms with Gasteiger partial charge in [-0.15, -0.1) is 0 Å². The van der Waals surface area contributed by atoms with Gasteiger partial charge >= 0.3 is 0 Å². The van der Waals surface area contributed by atoms with E-state index in [4.69, 9.17) is 4.74 Å².